The molecular weight excluding hydrogens is 318 g/mol. The van der Waals surface area contributed by atoms with Crippen LogP contribution in [0.3, 0.4) is 0 Å². The quantitative estimate of drug-likeness (QED) is 0.769. The van der Waals surface area contributed by atoms with E-state index in [9.17, 15) is 9.59 Å². The van der Waals surface area contributed by atoms with Crippen LogP contribution in [0.5, 0.6) is 5.75 Å². The lowest BCUT2D eigenvalue weighted by molar-refractivity contribution is -0.137. The molecule has 5 heteroatoms. The number of carboxylic acid groups (broad SMARTS) is 1. The van der Waals surface area contributed by atoms with Crippen LogP contribution in [0.2, 0.25) is 0 Å². The number of carbonyl (C=O) groups excluding carboxylic acids is 1. The zero-order valence-corrected chi connectivity index (χ0v) is 14.5. The number of nitrogens with one attached hydrogen (secondary N) is 1. The Morgan fingerprint density at radius 2 is 1.68 bits per heavy atom. The minimum absolute atomic E-state index is 0.0169. The molecule has 5 nitrogen and oxygen atoms in total. The molecule has 0 aliphatic carbocycles. The fourth-order valence-corrected chi connectivity index (χ4v) is 2.30. The van der Waals surface area contributed by atoms with Crippen LogP contribution in [0.4, 0.5) is 0 Å². The number of amides is 1. The molecule has 0 saturated carbocycles. The predicted octanol–water partition coefficient (Wildman–Crippen LogP) is 3.64. The highest BCUT2D eigenvalue weighted by atomic mass is 16.5. The van der Waals surface area contributed by atoms with Crippen molar-refractivity contribution in [2.24, 2.45) is 0 Å². The first-order valence-corrected chi connectivity index (χ1v) is 8.17. The van der Waals surface area contributed by atoms with E-state index in [0.717, 1.165) is 11.3 Å². The summed E-state index contributed by atoms with van der Waals surface area (Å²) in [6.07, 6.45) is 0.389. The first kappa shape index (κ1) is 18.5. The van der Waals surface area contributed by atoms with Crippen LogP contribution in [-0.4, -0.2) is 22.5 Å². The van der Waals surface area contributed by atoms with Crippen molar-refractivity contribution in [3.8, 4) is 5.75 Å². The van der Waals surface area contributed by atoms with Crippen LogP contribution in [-0.2, 0) is 11.4 Å². The summed E-state index contributed by atoms with van der Waals surface area (Å²) < 4.78 is 5.67. The van der Waals surface area contributed by atoms with Crippen LogP contribution in [0, 0.1) is 0 Å². The fourth-order valence-electron chi connectivity index (χ4n) is 2.30. The van der Waals surface area contributed by atoms with Crippen molar-refractivity contribution in [2.75, 3.05) is 0 Å². The summed E-state index contributed by atoms with van der Waals surface area (Å²) in [6, 6.07) is 16.7. The maximum atomic E-state index is 12.3. The van der Waals surface area contributed by atoms with E-state index in [-0.39, 0.29) is 12.3 Å². The third kappa shape index (κ3) is 6.30. The van der Waals surface area contributed by atoms with E-state index in [1.54, 1.807) is 12.1 Å². The number of rotatable bonds is 8. The summed E-state index contributed by atoms with van der Waals surface area (Å²) in [5.74, 6) is -0.291. The van der Waals surface area contributed by atoms with Gasteiger partial charge in [-0.2, -0.15) is 0 Å². The number of carboxylic acids is 1. The van der Waals surface area contributed by atoms with Crippen molar-refractivity contribution in [2.45, 2.75) is 38.8 Å². The molecule has 0 aromatic heterocycles. The highest BCUT2D eigenvalue weighted by Gasteiger charge is 2.22. The Hall–Kier alpha value is -2.82. The topological polar surface area (TPSA) is 75.6 Å². The molecule has 0 bridgehead atoms. The van der Waals surface area contributed by atoms with Gasteiger partial charge < -0.3 is 15.2 Å². The maximum absolute atomic E-state index is 12.3. The molecule has 2 aromatic rings. The summed E-state index contributed by atoms with van der Waals surface area (Å²) in [5.41, 5.74) is 0.919. The Morgan fingerprint density at radius 1 is 1.04 bits per heavy atom. The minimum Gasteiger partial charge on any atom is -0.489 e. The maximum Gasteiger partial charge on any atom is 0.303 e. The first-order chi connectivity index (χ1) is 11.9. The van der Waals surface area contributed by atoms with E-state index >= 15 is 0 Å². The van der Waals surface area contributed by atoms with Gasteiger partial charge in [-0.25, -0.2) is 0 Å². The summed E-state index contributed by atoms with van der Waals surface area (Å²) in [6.45, 7) is 4.06. The molecule has 2 rings (SSSR count). The Morgan fingerprint density at radius 3 is 2.28 bits per heavy atom. The summed E-state index contributed by atoms with van der Waals surface area (Å²) in [7, 11) is 0. The number of benzene rings is 2. The number of para-hydroxylation sites is 1. The lowest BCUT2D eigenvalue weighted by Gasteiger charge is -2.25. The van der Waals surface area contributed by atoms with E-state index in [4.69, 9.17) is 9.84 Å². The van der Waals surface area contributed by atoms with Crippen molar-refractivity contribution in [1.82, 2.24) is 5.32 Å². The van der Waals surface area contributed by atoms with Crippen LogP contribution < -0.4 is 10.1 Å². The molecule has 0 saturated heterocycles. The Balaban J connectivity index is 1.90. The highest BCUT2D eigenvalue weighted by Crippen LogP contribution is 2.15. The van der Waals surface area contributed by atoms with Crippen molar-refractivity contribution in [3.05, 3.63) is 65.7 Å². The van der Waals surface area contributed by atoms with Gasteiger partial charge in [0.25, 0.3) is 5.91 Å². The zero-order valence-electron chi connectivity index (χ0n) is 14.5. The van der Waals surface area contributed by atoms with Crippen molar-refractivity contribution in [1.29, 1.82) is 0 Å². The molecule has 0 fully saturated rings. The lowest BCUT2D eigenvalue weighted by Crippen LogP contribution is -2.43. The van der Waals surface area contributed by atoms with E-state index in [0.29, 0.717) is 18.6 Å². The molecule has 0 radical (unpaired) electrons. The molecule has 0 heterocycles. The molecule has 2 N–H and O–H groups in total. The van der Waals surface area contributed by atoms with Gasteiger partial charge >= 0.3 is 5.97 Å². The van der Waals surface area contributed by atoms with E-state index in [1.165, 1.54) is 0 Å². The van der Waals surface area contributed by atoms with Crippen LogP contribution in [0.15, 0.2) is 54.6 Å². The Bertz CT molecular complexity index is 708. The molecule has 0 aliphatic rings. The van der Waals surface area contributed by atoms with Crippen LogP contribution in [0.25, 0.3) is 0 Å². The molecule has 132 valence electrons. The van der Waals surface area contributed by atoms with Gasteiger partial charge in [0.05, 0.1) is 0 Å². The van der Waals surface area contributed by atoms with Gasteiger partial charge in [-0.15, -0.1) is 0 Å². The second kappa shape index (κ2) is 8.33. The monoisotopic (exact) mass is 341 g/mol. The van der Waals surface area contributed by atoms with Crippen LogP contribution >= 0.6 is 0 Å². The van der Waals surface area contributed by atoms with Gasteiger partial charge in [-0.05, 0) is 50.1 Å². The molecule has 2 aromatic carbocycles. The van der Waals surface area contributed by atoms with Gasteiger partial charge in [0.1, 0.15) is 12.4 Å². The van der Waals surface area contributed by atoms with E-state index in [1.807, 2.05) is 56.3 Å². The van der Waals surface area contributed by atoms with Gasteiger partial charge in [0.2, 0.25) is 0 Å². The Kier molecular flexibility index (Phi) is 6.17. The number of hydrogen-bond donors (Lipinski definition) is 2. The molecule has 0 aliphatic heterocycles. The Labute approximate surface area is 147 Å². The second-order valence-electron chi connectivity index (χ2n) is 6.53. The number of aliphatic carboxylic acids is 1. The third-order valence-corrected chi connectivity index (χ3v) is 3.78. The average Bonchev–Trinajstić information content (AvgIpc) is 2.59. The molecular formula is C20H23NO4. The third-order valence-electron chi connectivity index (χ3n) is 3.78. The van der Waals surface area contributed by atoms with Crippen molar-refractivity contribution in [3.63, 3.8) is 0 Å². The number of hydrogen-bond acceptors (Lipinski definition) is 3. The van der Waals surface area contributed by atoms with E-state index < -0.39 is 11.5 Å². The van der Waals surface area contributed by atoms with Crippen LogP contribution in [0.1, 0.15) is 42.6 Å². The summed E-state index contributed by atoms with van der Waals surface area (Å²) in [4.78, 5) is 23.0. The van der Waals surface area contributed by atoms with Crippen molar-refractivity contribution >= 4 is 11.9 Å². The SMILES string of the molecule is CC(C)(CCC(=O)O)NC(=O)c1ccc(COc2ccccc2)cc1. The number of carbonyl (C=O) groups is 2. The molecule has 0 atom stereocenters. The first-order valence-electron chi connectivity index (χ1n) is 8.17. The van der Waals surface area contributed by atoms with Gasteiger partial charge in [-0.3, -0.25) is 9.59 Å². The normalized spacial score (nSPS) is 11.0. The standard InChI is InChI=1S/C20H23NO4/c1-20(2,13-12-18(22)23)21-19(24)16-10-8-15(9-11-16)14-25-17-6-4-3-5-7-17/h3-11H,12-14H2,1-2H3,(H,21,24)(H,22,23). The second-order valence-corrected chi connectivity index (χ2v) is 6.53. The zero-order chi connectivity index (χ0) is 18.3. The molecule has 0 unspecified atom stereocenters. The molecule has 0 spiro atoms. The molecule has 25 heavy (non-hydrogen) atoms. The van der Waals surface area contributed by atoms with Gasteiger partial charge in [0, 0.05) is 17.5 Å². The summed E-state index contributed by atoms with van der Waals surface area (Å²) >= 11 is 0. The minimum atomic E-state index is -0.870. The average molecular weight is 341 g/mol. The van der Waals surface area contributed by atoms with E-state index in [2.05, 4.69) is 5.32 Å². The largest absolute Gasteiger partial charge is 0.489 e. The van der Waals surface area contributed by atoms with Crippen molar-refractivity contribution < 1.29 is 19.4 Å². The van der Waals surface area contributed by atoms with Gasteiger partial charge in [0.15, 0.2) is 0 Å². The predicted molar refractivity (Wildman–Crippen MR) is 95.6 cm³/mol. The smallest absolute Gasteiger partial charge is 0.303 e. The molecule has 1 amide bonds. The fraction of sp³-hybridized carbons (Fsp3) is 0.300. The van der Waals surface area contributed by atoms with Gasteiger partial charge in [-0.1, -0.05) is 30.3 Å². The highest BCUT2D eigenvalue weighted by molar-refractivity contribution is 5.94. The number of ether oxygens (including phenoxy) is 1. The summed E-state index contributed by atoms with van der Waals surface area (Å²) in [5, 5.41) is 11.6. The lowest BCUT2D eigenvalue weighted by atomic mass is 9.97.